The van der Waals surface area contributed by atoms with Gasteiger partial charge < -0.3 is 0 Å². The van der Waals surface area contributed by atoms with Crippen LogP contribution in [-0.2, 0) is 16.4 Å². The number of hydrogen-bond donors (Lipinski definition) is 1. The van der Waals surface area contributed by atoms with Crippen molar-refractivity contribution in [1.82, 2.24) is 4.98 Å². The number of sulfonamides is 1. The summed E-state index contributed by atoms with van der Waals surface area (Å²) in [7, 11) is -3.45. The van der Waals surface area contributed by atoms with Gasteiger partial charge in [-0.3, -0.25) is 4.72 Å². The number of rotatable bonds is 5. The second-order valence-corrected chi connectivity index (χ2v) is 6.04. The zero-order chi connectivity index (χ0) is 14.4. The molecule has 1 aromatic heterocycles. The molecule has 1 heterocycles. The number of aryl methyl sites for hydroxylation is 1. The van der Waals surface area contributed by atoms with Crippen molar-refractivity contribution in [2.24, 2.45) is 0 Å². The highest BCUT2D eigenvalue weighted by atomic mass is 32.2. The van der Waals surface area contributed by atoms with E-state index in [1.165, 1.54) is 18.3 Å². The predicted octanol–water partition coefficient (Wildman–Crippen LogP) is 1.94. The van der Waals surface area contributed by atoms with E-state index in [4.69, 9.17) is 5.26 Å². The van der Waals surface area contributed by atoms with Crippen LogP contribution < -0.4 is 4.72 Å². The van der Waals surface area contributed by atoms with Gasteiger partial charge in [0.2, 0.25) is 10.0 Å². The number of benzene rings is 1. The zero-order valence-electron chi connectivity index (χ0n) is 10.7. The van der Waals surface area contributed by atoms with Crippen molar-refractivity contribution in [3.05, 3.63) is 59.8 Å². The van der Waals surface area contributed by atoms with E-state index in [9.17, 15) is 8.42 Å². The first-order valence-electron chi connectivity index (χ1n) is 6.00. The number of nitrogens with zero attached hydrogens (tertiary/aromatic N) is 2. The molecule has 0 saturated heterocycles. The summed E-state index contributed by atoms with van der Waals surface area (Å²) in [6.07, 6.45) is 1.77. The average Bonchev–Trinajstić information content (AvgIpc) is 2.47. The van der Waals surface area contributed by atoms with Gasteiger partial charge in [0.15, 0.2) is 0 Å². The van der Waals surface area contributed by atoms with Crippen LogP contribution >= 0.6 is 0 Å². The Morgan fingerprint density at radius 2 is 1.90 bits per heavy atom. The fraction of sp³-hybridized carbons (Fsp3) is 0.143. The summed E-state index contributed by atoms with van der Waals surface area (Å²) in [6, 6.07) is 14.3. The fourth-order valence-corrected chi connectivity index (χ4v) is 2.67. The molecule has 0 aliphatic carbocycles. The second-order valence-electron chi connectivity index (χ2n) is 4.20. The summed E-state index contributed by atoms with van der Waals surface area (Å²) in [6.45, 7) is 0. The van der Waals surface area contributed by atoms with Crippen LogP contribution in [0.1, 0.15) is 11.1 Å². The molecular formula is C14H13N3O2S. The first-order chi connectivity index (χ1) is 9.59. The largest absolute Gasteiger partial charge is 0.267 e. The van der Waals surface area contributed by atoms with Gasteiger partial charge in [-0.2, -0.15) is 5.26 Å². The minimum absolute atomic E-state index is 0.0152. The molecule has 0 saturated carbocycles. The first kappa shape index (κ1) is 14.0. The van der Waals surface area contributed by atoms with Gasteiger partial charge in [-0.25, -0.2) is 13.4 Å². The van der Waals surface area contributed by atoms with E-state index in [1.807, 2.05) is 36.4 Å². The summed E-state index contributed by atoms with van der Waals surface area (Å²) in [5.74, 6) is 0.204. The molecule has 0 aliphatic heterocycles. The number of aromatic nitrogens is 1. The number of hydrogen-bond acceptors (Lipinski definition) is 4. The summed E-state index contributed by atoms with van der Waals surface area (Å²) >= 11 is 0. The number of nitrogens with one attached hydrogen (secondary N) is 1. The lowest BCUT2D eigenvalue weighted by Crippen LogP contribution is -2.18. The van der Waals surface area contributed by atoms with Crippen molar-refractivity contribution in [2.75, 3.05) is 10.5 Å². The van der Waals surface area contributed by atoms with E-state index in [1.54, 1.807) is 0 Å². The fourth-order valence-electron chi connectivity index (χ4n) is 1.63. The highest BCUT2D eigenvalue weighted by molar-refractivity contribution is 7.92. The van der Waals surface area contributed by atoms with Gasteiger partial charge in [-0.1, -0.05) is 30.3 Å². The third-order valence-electron chi connectivity index (χ3n) is 2.65. The molecule has 0 aliphatic rings. The molecule has 2 rings (SSSR count). The van der Waals surface area contributed by atoms with Crippen LogP contribution in [0.25, 0.3) is 0 Å². The Hall–Kier alpha value is -2.39. The van der Waals surface area contributed by atoms with Crippen LogP contribution in [0.4, 0.5) is 5.82 Å². The van der Waals surface area contributed by atoms with Crippen LogP contribution in [0.3, 0.4) is 0 Å². The Balaban J connectivity index is 1.98. The van der Waals surface area contributed by atoms with Crippen molar-refractivity contribution in [1.29, 1.82) is 5.26 Å². The van der Waals surface area contributed by atoms with E-state index in [-0.39, 0.29) is 11.6 Å². The van der Waals surface area contributed by atoms with Gasteiger partial charge in [0.25, 0.3) is 0 Å². The minimum atomic E-state index is -3.45. The lowest BCUT2D eigenvalue weighted by Gasteiger charge is -2.07. The average molecular weight is 287 g/mol. The lowest BCUT2D eigenvalue weighted by molar-refractivity contribution is 0.600. The minimum Gasteiger partial charge on any atom is -0.267 e. The Morgan fingerprint density at radius 3 is 2.50 bits per heavy atom. The van der Waals surface area contributed by atoms with Gasteiger partial charge in [0.1, 0.15) is 11.9 Å². The third-order valence-corrected chi connectivity index (χ3v) is 3.92. The summed E-state index contributed by atoms with van der Waals surface area (Å²) < 4.78 is 26.2. The lowest BCUT2D eigenvalue weighted by atomic mass is 10.2. The normalized spacial score (nSPS) is 10.8. The molecule has 0 spiro atoms. The van der Waals surface area contributed by atoms with E-state index < -0.39 is 10.0 Å². The summed E-state index contributed by atoms with van der Waals surface area (Å²) in [5.41, 5.74) is 1.35. The maximum Gasteiger partial charge on any atom is 0.234 e. The molecule has 0 bridgehead atoms. The topological polar surface area (TPSA) is 82.9 Å². The molecule has 1 aromatic carbocycles. The number of nitriles is 1. The van der Waals surface area contributed by atoms with Gasteiger partial charge in [0, 0.05) is 6.20 Å². The number of anilines is 1. The SMILES string of the molecule is N#Cc1ccc(NS(=O)(=O)CCc2ccccc2)nc1. The van der Waals surface area contributed by atoms with Crippen molar-refractivity contribution in [2.45, 2.75) is 6.42 Å². The molecule has 20 heavy (non-hydrogen) atoms. The molecule has 1 N–H and O–H groups in total. The zero-order valence-corrected chi connectivity index (χ0v) is 11.5. The third kappa shape index (κ3) is 4.07. The standard InChI is InChI=1S/C14H13N3O2S/c15-10-13-6-7-14(16-11-13)17-20(18,19)9-8-12-4-2-1-3-5-12/h1-7,11H,8-9H2,(H,16,17). The predicted molar refractivity (Wildman–Crippen MR) is 76.5 cm³/mol. The molecular weight excluding hydrogens is 274 g/mol. The smallest absolute Gasteiger partial charge is 0.234 e. The van der Waals surface area contributed by atoms with Gasteiger partial charge in [0.05, 0.1) is 11.3 Å². The van der Waals surface area contributed by atoms with Crippen LogP contribution in [0.2, 0.25) is 0 Å². The Bertz CT molecular complexity index is 704. The van der Waals surface area contributed by atoms with Crippen LogP contribution in [-0.4, -0.2) is 19.2 Å². The molecule has 0 fully saturated rings. The van der Waals surface area contributed by atoms with Crippen molar-refractivity contribution >= 4 is 15.8 Å². The Kier molecular flexibility index (Phi) is 4.33. The molecule has 6 heteroatoms. The van der Waals surface area contributed by atoms with E-state index in [0.717, 1.165) is 5.56 Å². The first-order valence-corrected chi connectivity index (χ1v) is 7.65. The molecule has 0 amide bonds. The molecule has 0 unspecified atom stereocenters. The van der Waals surface area contributed by atoms with Crippen molar-refractivity contribution < 1.29 is 8.42 Å². The Morgan fingerprint density at radius 1 is 1.15 bits per heavy atom. The van der Waals surface area contributed by atoms with E-state index in [2.05, 4.69) is 9.71 Å². The molecule has 2 aromatic rings. The monoisotopic (exact) mass is 287 g/mol. The van der Waals surface area contributed by atoms with Gasteiger partial charge in [-0.05, 0) is 24.1 Å². The van der Waals surface area contributed by atoms with Gasteiger partial charge in [-0.15, -0.1) is 0 Å². The van der Waals surface area contributed by atoms with Crippen LogP contribution in [0.15, 0.2) is 48.7 Å². The highest BCUT2D eigenvalue weighted by Gasteiger charge is 2.11. The van der Waals surface area contributed by atoms with Gasteiger partial charge >= 0.3 is 0 Å². The quantitative estimate of drug-likeness (QED) is 0.911. The van der Waals surface area contributed by atoms with Crippen molar-refractivity contribution in [3.63, 3.8) is 0 Å². The van der Waals surface area contributed by atoms with E-state index in [0.29, 0.717) is 12.0 Å². The van der Waals surface area contributed by atoms with Crippen LogP contribution in [0.5, 0.6) is 0 Å². The maximum atomic E-state index is 11.9. The highest BCUT2D eigenvalue weighted by Crippen LogP contribution is 2.08. The Labute approximate surface area is 118 Å². The second kappa shape index (κ2) is 6.17. The summed E-state index contributed by atoms with van der Waals surface area (Å²) in [5, 5.41) is 8.64. The van der Waals surface area contributed by atoms with Crippen LogP contribution in [0, 0.1) is 11.3 Å². The maximum absolute atomic E-state index is 11.9. The van der Waals surface area contributed by atoms with E-state index >= 15 is 0 Å². The molecule has 0 atom stereocenters. The molecule has 5 nitrogen and oxygen atoms in total. The summed E-state index contributed by atoms with van der Waals surface area (Å²) in [4.78, 5) is 3.88. The molecule has 102 valence electrons. The van der Waals surface area contributed by atoms with Crippen molar-refractivity contribution in [3.8, 4) is 6.07 Å². The molecule has 0 radical (unpaired) electrons. The number of pyridine rings is 1.